The Hall–Kier alpha value is -1.44. The second-order valence-electron chi connectivity index (χ2n) is 4.36. The van der Waals surface area contributed by atoms with E-state index in [0.29, 0.717) is 12.3 Å². The van der Waals surface area contributed by atoms with E-state index in [9.17, 15) is 0 Å². The summed E-state index contributed by atoms with van der Waals surface area (Å²) in [5.41, 5.74) is 0. The lowest BCUT2D eigenvalue weighted by molar-refractivity contribution is 0.405. The Morgan fingerprint density at radius 2 is 2.12 bits per heavy atom. The van der Waals surface area contributed by atoms with Gasteiger partial charge in [0.25, 0.3) is 0 Å². The molecule has 0 N–H and O–H groups in total. The number of hydrogen-bond donors (Lipinski definition) is 0. The minimum absolute atomic E-state index is 0.533. The molecule has 0 spiro atoms. The van der Waals surface area contributed by atoms with Gasteiger partial charge in [0.15, 0.2) is 5.82 Å². The van der Waals surface area contributed by atoms with Crippen LogP contribution in [-0.2, 0) is 6.54 Å². The molecule has 5 heteroatoms. The molecule has 5 nitrogen and oxygen atoms in total. The van der Waals surface area contributed by atoms with E-state index in [1.165, 1.54) is 32.1 Å². The van der Waals surface area contributed by atoms with Crippen molar-refractivity contribution >= 4 is 0 Å². The summed E-state index contributed by atoms with van der Waals surface area (Å²) in [5, 5.41) is 20.4. The van der Waals surface area contributed by atoms with Gasteiger partial charge in [-0.1, -0.05) is 19.3 Å². The van der Waals surface area contributed by atoms with Crippen molar-refractivity contribution in [1.29, 1.82) is 5.26 Å². The molecule has 1 saturated carbocycles. The SMILES string of the molecule is N#CCCCn1nnnc1C1CCCCC1. The van der Waals surface area contributed by atoms with Gasteiger partial charge in [-0.05, 0) is 29.7 Å². The van der Waals surface area contributed by atoms with Crippen LogP contribution < -0.4 is 0 Å². The number of rotatable bonds is 4. The molecule has 1 aromatic heterocycles. The molecule has 1 fully saturated rings. The van der Waals surface area contributed by atoms with Crippen molar-refractivity contribution in [1.82, 2.24) is 20.2 Å². The number of aromatic nitrogens is 4. The van der Waals surface area contributed by atoms with Gasteiger partial charge in [0.2, 0.25) is 0 Å². The quantitative estimate of drug-likeness (QED) is 0.726. The van der Waals surface area contributed by atoms with Crippen molar-refractivity contribution < 1.29 is 0 Å². The zero-order chi connectivity index (χ0) is 11.2. The topological polar surface area (TPSA) is 67.4 Å². The van der Waals surface area contributed by atoms with E-state index in [0.717, 1.165) is 18.8 Å². The van der Waals surface area contributed by atoms with Crippen molar-refractivity contribution in [3.8, 4) is 6.07 Å². The summed E-state index contributed by atoms with van der Waals surface area (Å²) >= 11 is 0. The van der Waals surface area contributed by atoms with Gasteiger partial charge in [-0.25, -0.2) is 4.68 Å². The fraction of sp³-hybridized carbons (Fsp3) is 0.818. The van der Waals surface area contributed by atoms with E-state index in [1.54, 1.807) is 0 Å². The second-order valence-corrected chi connectivity index (χ2v) is 4.36. The zero-order valence-electron chi connectivity index (χ0n) is 9.47. The summed E-state index contributed by atoms with van der Waals surface area (Å²) in [5.74, 6) is 1.56. The zero-order valence-corrected chi connectivity index (χ0v) is 9.47. The summed E-state index contributed by atoms with van der Waals surface area (Å²) in [7, 11) is 0. The van der Waals surface area contributed by atoms with E-state index < -0.39 is 0 Å². The standard InChI is InChI=1S/C11H17N5/c12-8-4-5-9-16-11(13-14-15-16)10-6-2-1-3-7-10/h10H,1-7,9H2. The number of unbranched alkanes of at least 4 members (excludes halogenated alkanes) is 1. The summed E-state index contributed by atoms with van der Waals surface area (Å²) in [6.45, 7) is 0.770. The molecule has 0 saturated heterocycles. The predicted octanol–water partition coefficient (Wildman–Crippen LogP) is 2.02. The summed E-state index contributed by atoms with van der Waals surface area (Å²) in [6.07, 6.45) is 7.74. The minimum Gasteiger partial charge on any atom is -0.229 e. The first-order valence-corrected chi connectivity index (χ1v) is 6.05. The maximum absolute atomic E-state index is 8.50. The maximum Gasteiger partial charge on any atom is 0.154 e. The van der Waals surface area contributed by atoms with Crippen LogP contribution in [0, 0.1) is 11.3 Å². The van der Waals surface area contributed by atoms with Crippen molar-refractivity contribution in [3.63, 3.8) is 0 Å². The third-order valence-electron chi connectivity index (χ3n) is 3.19. The minimum atomic E-state index is 0.533. The lowest BCUT2D eigenvalue weighted by Crippen LogP contribution is -2.13. The number of nitriles is 1. The average molecular weight is 219 g/mol. The van der Waals surface area contributed by atoms with Crippen LogP contribution >= 0.6 is 0 Å². The summed E-state index contributed by atoms with van der Waals surface area (Å²) in [4.78, 5) is 0. The molecular formula is C11H17N5. The van der Waals surface area contributed by atoms with Gasteiger partial charge < -0.3 is 0 Å². The van der Waals surface area contributed by atoms with Crippen LogP contribution in [0.2, 0.25) is 0 Å². The first kappa shape index (κ1) is 11.1. The van der Waals surface area contributed by atoms with Gasteiger partial charge in [-0.3, -0.25) is 0 Å². The van der Waals surface area contributed by atoms with Crippen LogP contribution in [0.3, 0.4) is 0 Å². The van der Waals surface area contributed by atoms with Crippen molar-refractivity contribution in [2.75, 3.05) is 0 Å². The summed E-state index contributed by atoms with van der Waals surface area (Å²) < 4.78 is 1.88. The Morgan fingerprint density at radius 1 is 1.31 bits per heavy atom. The molecule has 1 aliphatic rings. The van der Waals surface area contributed by atoms with Crippen LogP contribution in [0.5, 0.6) is 0 Å². The van der Waals surface area contributed by atoms with Gasteiger partial charge >= 0.3 is 0 Å². The lowest BCUT2D eigenvalue weighted by atomic mass is 9.89. The highest BCUT2D eigenvalue weighted by atomic mass is 15.5. The molecule has 0 aromatic carbocycles. The Labute approximate surface area is 95.5 Å². The molecule has 1 aliphatic carbocycles. The molecule has 0 aliphatic heterocycles. The van der Waals surface area contributed by atoms with Crippen LogP contribution in [0.1, 0.15) is 56.7 Å². The van der Waals surface area contributed by atoms with Crippen molar-refractivity contribution in [3.05, 3.63) is 5.82 Å². The molecular weight excluding hydrogens is 202 g/mol. The van der Waals surface area contributed by atoms with Crippen molar-refractivity contribution in [2.24, 2.45) is 0 Å². The van der Waals surface area contributed by atoms with Crippen LogP contribution in [0.25, 0.3) is 0 Å². The first-order valence-electron chi connectivity index (χ1n) is 6.05. The van der Waals surface area contributed by atoms with Crippen LogP contribution in [0.4, 0.5) is 0 Å². The number of aryl methyl sites for hydroxylation is 1. The Morgan fingerprint density at radius 3 is 2.88 bits per heavy atom. The fourth-order valence-electron chi connectivity index (χ4n) is 2.33. The molecule has 0 bridgehead atoms. The number of tetrazole rings is 1. The van der Waals surface area contributed by atoms with Gasteiger partial charge in [0.05, 0.1) is 6.07 Å². The molecule has 0 unspecified atom stereocenters. The number of nitrogens with zero attached hydrogens (tertiary/aromatic N) is 5. The van der Waals surface area contributed by atoms with Crippen LogP contribution in [0.15, 0.2) is 0 Å². The summed E-state index contributed by atoms with van der Waals surface area (Å²) in [6, 6.07) is 2.15. The van der Waals surface area contributed by atoms with Crippen molar-refractivity contribution in [2.45, 2.75) is 57.4 Å². The largest absolute Gasteiger partial charge is 0.229 e. The highest BCUT2D eigenvalue weighted by molar-refractivity contribution is 4.95. The smallest absolute Gasteiger partial charge is 0.154 e. The highest BCUT2D eigenvalue weighted by Gasteiger charge is 2.21. The molecule has 1 aromatic rings. The monoisotopic (exact) mass is 219 g/mol. The van der Waals surface area contributed by atoms with Crippen LogP contribution in [-0.4, -0.2) is 20.2 Å². The number of hydrogen-bond acceptors (Lipinski definition) is 4. The second kappa shape index (κ2) is 5.59. The first-order chi connectivity index (χ1) is 7.92. The van der Waals surface area contributed by atoms with E-state index in [1.807, 2.05) is 4.68 Å². The molecule has 16 heavy (non-hydrogen) atoms. The van der Waals surface area contributed by atoms with Gasteiger partial charge in [0.1, 0.15) is 0 Å². The highest BCUT2D eigenvalue weighted by Crippen LogP contribution is 2.30. The predicted molar refractivity (Wildman–Crippen MR) is 58.5 cm³/mol. The Bertz CT molecular complexity index is 359. The Kier molecular flexibility index (Phi) is 3.86. The van der Waals surface area contributed by atoms with E-state index in [2.05, 4.69) is 21.6 Å². The normalized spacial score (nSPS) is 17.2. The van der Waals surface area contributed by atoms with E-state index in [4.69, 9.17) is 5.26 Å². The van der Waals surface area contributed by atoms with E-state index >= 15 is 0 Å². The lowest BCUT2D eigenvalue weighted by Gasteiger charge is -2.20. The van der Waals surface area contributed by atoms with E-state index in [-0.39, 0.29) is 0 Å². The third-order valence-corrected chi connectivity index (χ3v) is 3.19. The molecule has 1 heterocycles. The fourth-order valence-corrected chi connectivity index (χ4v) is 2.33. The van der Waals surface area contributed by atoms with Gasteiger partial charge in [-0.15, -0.1) is 5.10 Å². The van der Waals surface area contributed by atoms with Gasteiger partial charge in [0, 0.05) is 18.9 Å². The molecule has 2 rings (SSSR count). The third kappa shape index (κ3) is 2.57. The Balaban J connectivity index is 1.97. The maximum atomic E-state index is 8.50. The molecule has 0 amide bonds. The molecule has 0 atom stereocenters. The average Bonchev–Trinajstić information content (AvgIpc) is 2.79. The molecule has 86 valence electrons. The molecule has 0 radical (unpaired) electrons. The van der Waals surface area contributed by atoms with Gasteiger partial charge in [-0.2, -0.15) is 5.26 Å².